The largest absolute Gasteiger partial charge is 0.497 e. The predicted molar refractivity (Wildman–Crippen MR) is 63.7 cm³/mol. The number of rotatable bonds is 5. The number of hydrogen-bond donors (Lipinski definition) is 1. The van der Waals surface area contributed by atoms with Gasteiger partial charge in [0.2, 0.25) is 0 Å². The van der Waals surface area contributed by atoms with Crippen molar-refractivity contribution in [3.05, 3.63) is 23.2 Å². The topological polar surface area (TPSA) is 69.4 Å². The van der Waals surface area contributed by atoms with Crippen molar-refractivity contribution < 1.29 is 13.2 Å². The molecule has 0 aromatic heterocycles. The minimum absolute atomic E-state index is 0.00947. The summed E-state index contributed by atoms with van der Waals surface area (Å²) < 4.78 is 28.6. The van der Waals surface area contributed by atoms with E-state index in [1.54, 1.807) is 6.07 Å². The predicted octanol–water partition coefficient (Wildman–Crippen LogP) is 1.47. The first-order valence-corrected chi connectivity index (χ1v) is 6.80. The SMILES string of the molecule is COc1ccc(S(=O)(=O)CCCN)c(Cl)c1. The molecule has 0 spiro atoms. The molecule has 1 aromatic rings. The number of sulfone groups is 1. The van der Waals surface area contributed by atoms with Crippen LogP contribution in [0.15, 0.2) is 23.1 Å². The van der Waals surface area contributed by atoms with Crippen LogP contribution in [0.25, 0.3) is 0 Å². The molecule has 2 N–H and O–H groups in total. The number of nitrogens with two attached hydrogens (primary N) is 1. The Hall–Kier alpha value is -0.780. The van der Waals surface area contributed by atoms with Crippen LogP contribution in [-0.2, 0) is 9.84 Å². The normalized spacial score (nSPS) is 11.4. The molecule has 1 aromatic carbocycles. The molecular weight excluding hydrogens is 250 g/mol. The molecule has 0 aliphatic heterocycles. The van der Waals surface area contributed by atoms with Gasteiger partial charge in [0, 0.05) is 6.07 Å². The van der Waals surface area contributed by atoms with E-state index in [4.69, 9.17) is 22.1 Å². The summed E-state index contributed by atoms with van der Waals surface area (Å²) in [5.41, 5.74) is 5.28. The van der Waals surface area contributed by atoms with Gasteiger partial charge >= 0.3 is 0 Å². The highest BCUT2D eigenvalue weighted by Crippen LogP contribution is 2.27. The van der Waals surface area contributed by atoms with Gasteiger partial charge in [0.25, 0.3) is 0 Å². The van der Waals surface area contributed by atoms with Gasteiger partial charge < -0.3 is 10.5 Å². The summed E-state index contributed by atoms with van der Waals surface area (Å²) >= 11 is 5.88. The van der Waals surface area contributed by atoms with E-state index in [0.29, 0.717) is 18.7 Å². The van der Waals surface area contributed by atoms with Crippen molar-refractivity contribution in [3.8, 4) is 5.75 Å². The Labute approximate surface area is 100 Å². The molecule has 0 atom stereocenters. The summed E-state index contributed by atoms with van der Waals surface area (Å²) in [5.74, 6) is 0.540. The van der Waals surface area contributed by atoms with E-state index in [2.05, 4.69) is 0 Å². The van der Waals surface area contributed by atoms with Crippen molar-refractivity contribution in [2.45, 2.75) is 11.3 Å². The van der Waals surface area contributed by atoms with E-state index in [-0.39, 0.29) is 15.7 Å². The minimum Gasteiger partial charge on any atom is -0.497 e. The van der Waals surface area contributed by atoms with Crippen LogP contribution >= 0.6 is 11.6 Å². The molecular formula is C10H14ClNO3S. The fourth-order valence-corrected chi connectivity index (χ4v) is 3.17. The van der Waals surface area contributed by atoms with E-state index in [0.717, 1.165) is 0 Å². The zero-order valence-corrected chi connectivity index (χ0v) is 10.5. The van der Waals surface area contributed by atoms with Crippen LogP contribution in [0.4, 0.5) is 0 Å². The number of hydrogen-bond acceptors (Lipinski definition) is 4. The monoisotopic (exact) mass is 263 g/mol. The summed E-state index contributed by atoms with van der Waals surface area (Å²) in [4.78, 5) is 0.128. The molecule has 0 aliphatic rings. The van der Waals surface area contributed by atoms with E-state index < -0.39 is 9.84 Å². The highest BCUT2D eigenvalue weighted by Gasteiger charge is 2.17. The first kappa shape index (κ1) is 13.3. The van der Waals surface area contributed by atoms with E-state index >= 15 is 0 Å². The average Bonchev–Trinajstić information content (AvgIpc) is 2.25. The van der Waals surface area contributed by atoms with Crippen LogP contribution in [0.2, 0.25) is 5.02 Å². The third kappa shape index (κ3) is 3.10. The Bertz CT molecular complexity index is 459. The van der Waals surface area contributed by atoms with Crippen molar-refractivity contribution in [2.24, 2.45) is 5.73 Å². The van der Waals surface area contributed by atoms with Crippen LogP contribution in [0.1, 0.15) is 6.42 Å². The smallest absolute Gasteiger partial charge is 0.179 e. The van der Waals surface area contributed by atoms with Crippen LogP contribution in [0.5, 0.6) is 5.75 Å². The molecule has 0 amide bonds. The van der Waals surface area contributed by atoms with Gasteiger partial charge in [-0.15, -0.1) is 0 Å². The Balaban J connectivity index is 3.04. The quantitative estimate of drug-likeness (QED) is 0.873. The van der Waals surface area contributed by atoms with Gasteiger partial charge in [0.15, 0.2) is 9.84 Å². The Morgan fingerprint density at radius 3 is 2.62 bits per heavy atom. The molecule has 4 nitrogen and oxygen atoms in total. The summed E-state index contributed by atoms with van der Waals surface area (Å²) in [5, 5.41) is 0.177. The summed E-state index contributed by atoms with van der Waals surface area (Å²) in [7, 11) is -1.85. The molecule has 90 valence electrons. The van der Waals surface area contributed by atoms with Crippen molar-refractivity contribution >= 4 is 21.4 Å². The summed E-state index contributed by atoms with van der Waals surface area (Å²) in [6.07, 6.45) is 0.421. The first-order valence-electron chi connectivity index (χ1n) is 4.77. The highest BCUT2D eigenvalue weighted by molar-refractivity contribution is 7.91. The Morgan fingerprint density at radius 2 is 2.12 bits per heavy atom. The van der Waals surface area contributed by atoms with Gasteiger partial charge in [-0.3, -0.25) is 0 Å². The molecule has 0 heterocycles. The molecule has 0 fully saturated rings. The molecule has 16 heavy (non-hydrogen) atoms. The van der Waals surface area contributed by atoms with E-state index in [9.17, 15) is 8.42 Å². The number of ether oxygens (including phenoxy) is 1. The second-order valence-corrected chi connectivity index (χ2v) is 5.74. The lowest BCUT2D eigenvalue weighted by Gasteiger charge is -2.07. The molecule has 6 heteroatoms. The Morgan fingerprint density at radius 1 is 1.44 bits per heavy atom. The van der Waals surface area contributed by atoms with Gasteiger partial charge in [0.1, 0.15) is 5.75 Å². The average molecular weight is 264 g/mol. The number of methoxy groups -OCH3 is 1. The lowest BCUT2D eigenvalue weighted by atomic mass is 10.3. The van der Waals surface area contributed by atoms with Crippen LogP contribution in [0, 0.1) is 0 Å². The van der Waals surface area contributed by atoms with Gasteiger partial charge in [-0.1, -0.05) is 11.6 Å². The lowest BCUT2D eigenvalue weighted by molar-refractivity contribution is 0.414. The highest BCUT2D eigenvalue weighted by atomic mass is 35.5. The van der Waals surface area contributed by atoms with Crippen molar-refractivity contribution in [3.63, 3.8) is 0 Å². The van der Waals surface area contributed by atoms with Gasteiger partial charge in [-0.25, -0.2) is 8.42 Å². The zero-order chi connectivity index (χ0) is 12.2. The van der Waals surface area contributed by atoms with Crippen LogP contribution in [0.3, 0.4) is 0 Å². The number of halogens is 1. The molecule has 0 saturated carbocycles. The van der Waals surface area contributed by atoms with Crippen LogP contribution in [-0.4, -0.2) is 27.8 Å². The van der Waals surface area contributed by atoms with Crippen molar-refractivity contribution in [1.82, 2.24) is 0 Å². The van der Waals surface area contributed by atoms with E-state index in [1.807, 2.05) is 0 Å². The number of benzene rings is 1. The minimum atomic E-state index is -3.35. The molecule has 0 saturated heterocycles. The third-order valence-corrected chi connectivity index (χ3v) is 4.37. The molecule has 1 rings (SSSR count). The van der Waals surface area contributed by atoms with Crippen molar-refractivity contribution in [2.75, 3.05) is 19.4 Å². The summed E-state index contributed by atoms with van der Waals surface area (Å²) in [6, 6.07) is 4.51. The maximum atomic E-state index is 11.8. The standard InChI is InChI=1S/C10H14ClNO3S/c1-15-8-3-4-10(9(11)7-8)16(13,14)6-2-5-12/h3-4,7H,2,5-6,12H2,1H3. The third-order valence-electron chi connectivity index (χ3n) is 2.09. The van der Waals surface area contributed by atoms with E-state index in [1.165, 1.54) is 19.2 Å². The van der Waals surface area contributed by atoms with Gasteiger partial charge in [0.05, 0.1) is 22.8 Å². The summed E-state index contributed by atoms with van der Waals surface area (Å²) in [6.45, 7) is 0.340. The fourth-order valence-electron chi connectivity index (χ4n) is 1.24. The van der Waals surface area contributed by atoms with Gasteiger partial charge in [-0.05, 0) is 25.1 Å². The molecule has 0 bridgehead atoms. The van der Waals surface area contributed by atoms with Crippen molar-refractivity contribution in [1.29, 1.82) is 0 Å². The Kier molecular flexibility index (Phi) is 4.58. The second-order valence-electron chi connectivity index (χ2n) is 3.26. The zero-order valence-electron chi connectivity index (χ0n) is 8.94. The van der Waals surface area contributed by atoms with Gasteiger partial charge in [-0.2, -0.15) is 0 Å². The molecule has 0 radical (unpaired) electrons. The lowest BCUT2D eigenvalue weighted by Crippen LogP contribution is -2.11. The molecule has 0 aliphatic carbocycles. The maximum Gasteiger partial charge on any atom is 0.179 e. The fraction of sp³-hybridized carbons (Fsp3) is 0.400. The maximum absolute atomic E-state index is 11.8. The first-order chi connectivity index (χ1) is 7.51. The van der Waals surface area contributed by atoms with Crippen LogP contribution < -0.4 is 10.5 Å². The molecule has 0 unspecified atom stereocenters. The second kappa shape index (κ2) is 5.52.